The summed E-state index contributed by atoms with van der Waals surface area (Å²) >= 11 is 0. The van der Waals surface area contributed by atoms with Crippen molar-refractivity contribution >= 4 is 12.0 Å². The lowest BCUT2D eigenvalue weighted by Gasteiger charge is -2.33. The van der Waals surface area contributed by atoms with Crippen LogP contribution in [0.3, 0.4) is 0 Å². The van der Waals surface area contributed by atoms with Gasteiger partial charge in [0.2, 0.25) is 5.91 Å². The molecule has 0 saturated carbocycles. The second-order valence-electron chi connectivity index (χ2n) is 5.47. The van der Waals surface area contributed by atoms with Gasteiger partial charge < -0.3 is 15.0 Å². The van der Waals surface area contributed by atoms with E-state index in [1.54, 1.807) is 4.90 Å². The Morgan fingerprint density at radius 2 is 2.11 bits per heavy atom. The largest absolute Gasteiger partial charge is 0.444 e. The number of likely N-dealkylation sites (tertiary alicyclic amines) is 1. The molecule has 5 heteroatoms. The Kier molecular flexibility index (Phi) is 4.76. The Hall–Kier alpha value is -1.52. The average molecular weight is 254 g/mol. The van der Waals surface area contributed by atoms with Crippen molar-refractivity contribution in [3.05, 3.63) is 12.7 Å². The lowest BCUT2D eigenvalue weighted by molar-refractivity contribution is -0.127. The van der Waals surface area contributed by atoms with E-state index in [2.05, 4.69) is 11.9 Å². The van der Waals surface area contributed by atoms with Crippen molar-refractivity contribution in [2.45, 2.75) is 45.3 Å². The maximum atomic E-state index is 11.6. The number of piperidine rings is 1. The van der Waals surface area contributed by atoms with E-state index in [1.807, 2.05) is 20.8 Å². The molecule has 1 N–H and O–H groups in total. The maximum absolute atomic E-state index is 11.6. The van der Waals surface area contributed by atoms with Crippen molar-refractivity contribution in [2.24, 2.45) is 0 Å². The molecule has 1 saturated heterocycles. The van der Waals surface area contributed by atoms with E-state index in [0.29, 0.717) is 6.54 Å². The van der Waals surface area contributed by atoms with Crippen molar-refractivity contribution in [3.8, 4) is 0 Å². The maximum Gasteiger partial charge on any atom is 0.407 e. The molecule has 0 bridgehead atoms. The highest BCUT2D eigenvalue weighted by molar-refractivity contribution is 5.87. The third kappa shape index (κ3) is 4.77. The molecule has 0 aliphatic carbocycles. The van der Waals surface area contributed by atoms with Crippen LogP contribution in [0.4, 0.5) is 4.79 Å². The zero-order chi connectivity index (χ0) is 13.8. The van der Waals surface area contributed by atoms with Gasteiger partial charge in [-0.1, -0.05) is 6.58 Å². The minimum Gasteiger partial charge on any atom is -0.444 e. The molecule has 1 aliphatic heterocycles. The van der Waals surface area contributed by atoms with Gasteiger partial charge in [0.15, 0.2) is 0 Å². The highest BCUT2D eigenvalue weighted by Crippen LogP contribution is 2.12. The predicted octanol–water partition coefficient (Wildman–Crippen LogP) is 1.69. The molecule has 0 aromatic carbocycles. The van der Waals surface area contributed by atoms with Gasteiger partial charge >= 0.3 is 6.09 Å². The molecule has 18 heavy (non-hydrogen) atoms. The number of hydrogen-bond acceptors (Lipinski definition) is 3. The first-order valence-electron chi connectivity index (χ1n) is 6.22. The third-order valence-corrected chi connectivity index (χ3v) is 2.63. The summed E-state index contributed by atoms with van der Waals surface area (Å²) in [5.74, 6) is -0.0920. The second kappa shape index (κ2) is 5.89. The standard InChI is InChI=1S/C13H22N2O3/c1-5-11(16)15-8-6-7-10(9-15)14-12(17)18-13(2,3)4/h5,10H,1,6-9H2,2-4H3,(H,14,17). The van der Waals surface area contributed by atoms with E-state index in [9.17, 15) is 9.59 Å². The minimum absolute atomic E-state index is 0.0440. The Bertz CT molecular complexity index is 334. The number of hydrogen-bond donors (Lipinski definition) is 1. The molecule has 1 unspecified atom stereocenters. The molecule has 1 fully saturated rings. The van der Waals surface area contributed by atoms with Crippen LogP contribution in [0.5, 0.6) is 0 Å². The number of amides is 2. The topological polar surface area (TPSA) is 58.6 Å². The molecular formula is C13H22N2O3. The van der Waals surface area contributed by atoms with Gasteiger partial charge in [0.1, 0.15) is 5.60 Å². The Morgan fingerprint density at radius 1 is 1.44 bits per heavy atom. The van der Waals surface area contributed by atoms with Crippen molar-refractivity contribution in [1.82, 2.24) is 10.2 Å². The van der Waals surface area contributed by atoms with Crippen LogP contribution in [0.1, 0.15) is 33.6 Å². The zero-order valence-electron chi connectivity index (χ0n) is 11.4. The Balaban J connectivity index is 2.45. The van der Waals surface area contributed by atoms with Gasteiger partial charge in [0.25, 0.3) is 0 Å². The number of rotatable bonds is 2. The predicted molar refractivity (Wildman–Crippen MR) is 69.2 cm³/mol. The smallest absolute Gasteiger partial charge is 0.407 e. The van der Waals surface area contributed by atoms with Crippen LogP contribution in [-0.4, -0.2) is 41.6 Å². The first-order valence-corrected chi connectivity index (χ1v) is 6.22. The van der Waals surface area contributed by atoms with Gasteiger partial charge in [-0.05, 0) is 39.7 Å². The molecule has 1 atom stereocenters. The summed E-state index contributed by atoms with van der Waals surface area (Å²) in [6.45, 7) is 10.2. The summed E-state index contributed by atoms with van der Waals surface area (Å²) in [4.78, 5) is 24.8. The summed E-state index contributed by atoms with van der Waals surface area (Å²) in [6.07, 6.45) is 2.61. The molecule has 0 spiro atoms. The lowest BCUT2D eigenvalue weighted by Crippen LogP contribution is -2.50. The van der Waals surface area contributed by atoms with Crippen LogP contribution in [0.25, 0.3) is 0 Å². The summed E-state index contributed by atoms with van der Waals surface area (Å²) in [5, 5.41) is 2.80. The molecule has 102 valence electrons. The average Bonchev–Trinajstić information content (AvgIpc) is 2.25. The van der Waals surface area contributed by atoms with Crippen molar-refractivity contribution in [3.63, 3.8) is 0 Å². The van der Waals surface area contributed by atoms with Gasteiger partial charge in [-0.15, -0.1) is 0 Å². The van der Waals surface area contributed by atoms with E-state index >= 15 is 0 Å². The zero-order valence-corrected chi connectivity index (χ0v) is 11.4. The fourth-order valence-electron chi connectivity index (χ4n) is 1.90. The summed E-state index contributed by atoms with van der Waals surface area (Å²) < 4.78 is 5.19. The van der Waals surface area contributed by atoms with Gasteiger partial charge in [0.05, 0.1) is 0 Å². The highest BCUT2D eigenvalue weighted by atomic mass is 16.6. The number of nitrogens with zero attached hydrogens (tertiary/aromatic N) is 1. The van der Waals surface area contributed by atoms with Crippen LogP contribution in [-0.2, 0) is 9.53 Å². The van der Waals surface area contributed by atoms with Crippen LogP contribution >= 0.6 is 0 Å². The molecule has 1 heterocycles. The normalized spacial score (nSPS) is 20.2. The monoisotopic (exact) mass is 254 g/mol. The summed E-state index contributed by atoms with van der Waals surface area (Å²) in [5.41, 5.74) is -0.505. The molecule has 5 nitrogen and oxygen atoms in total. The number of carbonyl (C=O) groups excluding carboxylic acids is 2. The fraction of sp³-hybridized carbons (Fsp3) is 0.692. The van der Waals surface area contributed by atoms with Crippen LogP contribution < -0.4 is 5.32 Å². The molecule has 0 radical (unpaired) electrons. The summed E-state index contributed by atoms with van der Waals surface area (Å²) in [7, 11) is 0. The van der Waals surface area contributed by atoms with E-state index < -0.39 is 11.7 Å². The Labute approximate surface area is 108 Å². The third-order valence-electron chi connectivity index (χ3n) is 2.63. The van der Waals surface area contributed by atoms with Gasteiger partial charge in [-0.25, -0.2) is 4.79 Å². The van der Waals surface area contributed by atoms with Crippen molar-refractivity contribution < 1.29 is 14.3 Å². The SMILES string of the molecule is C=CC(=O)N1CCCC(NC(=O)OC(C)(C)C)C1. The molecule has 0 aromatic rings. The quantitative estimate of drug-likeness (QED) is 0.763. The lowest BCUT2D eigenvalue weighted by atomic mass is 10.1. The molecule has 1 aliphatic rings. The number of nitrogens with one attached hydrogen (secondary N) is 1. The fourth-order valence-corrected chi connectivity index (χ4v) is 1.90. The second-order valence-corrected chi connectivity index (χ2v) is 5.47. The van der Waals surface area contributed by atoms with E-state index in [4.69, 9.17) is 4.74 Å². The Morgan fingerprint density at radius 3 is 2.67 bits per heavy atom. The van der Waals surface area contributed by atoms with Crippen molar-refractivity contribution in [1.29, 1.82) is 0 Å². The first kappa shape index (κ1) is 14.5. The van der Waals surface area contributed by atoms with E-state index in [1.165, 1.54) is 6.08 Å². The van der Waals surface area contributed by atoms with E-state index in [-0.39, 0.29) is 11.9 Å². The molecule has 2 amide bonds. The van der Waals surface area contributed by atoms with Gasteiger partial charge in [-0.3, -0.25) is 4.79 Å². The molecular weight excluding hydrogens is 232 g/mol. The number of carbonyl (C=O) groups is 2. The van der Waals surface area contributed by atoms with Gasteiger partial charge in [-0.2, -0.15) is 0 Å². The number of ether oxygens (including phenoxy) is 1. The number of alkyl carbamates (subject to hydrolysis) is 1. The highest BCUT2D eigenvalue weighted by Gasteiger charge is 2.25. The minimum atomic E-state index is -0.505. The first-order chi connectivity index (χ1) is 8.31. The molecule has 1 rings (SSSR count). The van der Waals surface area contributed by atoms with Crippen molar-refractivity contribution in [2.75, 3.05) is 13.1 Å². The van der Waals surface area contributed by atoms with Crippen LogP contribution in [0, 0.1) is 0 Å². The molecule has 0 aromatic heterocycles. The summed E-state index contributed by atoms with van der Waals surface area (Å²) in [6, 6.07) is -0.0440. The van der Waals surface area contributed by atoms with Gasteiger partial charge in [0, 0.05) is 19.1 Å². The van der Waals surface area contributed by atoms with Crippen LogP contribution in [0.2, 0.25) is 0 Å². The van der Waals surface area contributed by atoms with E-state index in [0.717, 1.165) is 19.4 Å². The van der Waals surface area contributed by atoms with Crippen LogP contribution in [0.15, 0.2) is 12.7 Å².